The number of carbonyl (C=O) groups excluding carboxylic acids is 1. The number of carbonyl (C=O) groups is 1. The van der Waals surface area contributed by atoms with Crippen molar-refractivity contribution in [3.8, 4) is 0 Å². The topological polar surface area (TPSA) is 64.7 Å². The number of aryl methyl sites for hydroxylation is 2. The van der Waals surface area contributed by atoms with Gasteiger partial charge in [-0.2, -0.15) is 10.2 Å². The van der Waals surface area contributed by atoms with Crippen LogP contribution in [-0.2, 0) is 18.4 Å². The van der Waals surface area contributed by atoms with Gasteiger partial charge in [0.25, 0.3) is 0 Å². The summed E-state index contributed by atoms with van der Waals surface area (Å²) < 4.78 is 3.48. The zero-order valence-corrected chi connectivity index (χ0v) is 13.0. The molecule has 0 fully saturated rings. The Bertz CT molecular complexity index is 736. The summed E-state index contributed by atoms with van der Waals surface area (Å²) in [4.78, 5) is 13.4. The van der Waals surface area contributed by atoms with Crippen LogP contribution in [0.5, 0.6) is 0 Å². The van der Waals surface area contributed by atoms with Gasteiger partial charge >= 0.3 is 0 Å². The average Bonchev–Trinajstić information content (AvgIpc) is 3.16. The van der Waals surface area contributed by atoms with Crippen LogP contribution in [0.3, 0.4) is 0 Å². The summed E-state index contributed by atoms with van der Waals surface area (Å²) in [5.41, 5.74) is 2.65. The van der Waals surface area contributed by atoms with E-state index in [0.29, 0.717) is 6.54 Å². The van der Waals surface area contributed by atoms with E-state index in [-0.39, 0.29) is 11.9 Å². The van der Waals surface area contributed by atoms with E-state index < -0.39 is 0 Å². The van der Waals surface area contributed by atoms with Crippen molar-refractivity contribution in [3.63, 3.8) is 0 Å². The molecule has 1 N–H and O–H groups in total. The predicted octanol–water partition coefficient (Wildman–Crippen LogP) is 2.02. The lowest BCUT2D eigenvalue weighted by Crippen LogP contribution is -2.30. The Hall–Kier alpha value is -2.15. The number of nitrogens with zero attached hydrogens (tertiary/aromatic N) is 4. The van der Waals surface area contributed by atoms with E-state index in [1.165, 1.54) is 0 Å². The van der Waals surface area contributed by atoms with Gasteiger partial charge in [0.2, 0.25) is 5.91 Å². The number of hydrogen-bond donors (Lipinski definition) is 1. The van der Waals surface area contributed by atoms with Crippen LogP contribution in [-0.4, -0.2) is 25.5 Å². The number of rotatable bonds is 4. The van der Waals surface area contributed by atoms with E-state index in [1.807, 2.05) is 44.6 Å². The molecule has 0 saturated heterocycles. The second kappa shape index (κ2) is 5.33. The van der Waals surface area contributed by atoms with Crippen LogP contribution >= 0.6 is 11.3 Å². The first kappa shape index (κ1) is 13.8. The number of thiophene rings is 1. The Morgan fingerprint density at radius 3 is 2.95 bits per heavy atom. The maximum Gasteiger partial charge on any atom is 0.244 e. The van der Waals surface area contributed by atoms with Gasteiger partial charge in [0, 0.05) is 11.9 Å². The fourth-order valence-corrected chi connectivity index (χ4v) is 2.90. The first-order chi connectivity index (χ1) is 10.1. The van der Waals surface area contributed by atoms with Crippen LogP contribution in [0.15, 0.2) is 23.7 Å². The summed E-state index contributed by atoms with van der Waals surface area (Å²) in [7, 11) is 1.88. The molecule has 3 rings (SSSR count). The Kier molecular flexibility index (Phi) is 3.50. The van der Waals surface area contributed by atoms with Crippen molar-refractivity contribution in [3.05, 3.63) is 34.3 Å². The van der Waals surface area contributed by atoms with Crippen LogP contribution in [0, 0.1) is 6.92 Å². The summed E-state index contributed by atoms with van der Waals surface area (Å²) in [6.07, 6.45) is 1.87. The molecule has 0 unspecified atom stereocenters. The van der Waals surface area contributed by atoms with Crippen molar-refractivity contribution in [1.29, 1.82) is 0 Å². The zero-order valence-electron chi connectivity index (χ0n) is 12.2. The molecule has 0 aliphatic carbocycles. The Morgan fingerprint density at radius 2 is 2.29 bits per heavy atom. The van der Waals surface area contributed by atoms with Crippen molar-refractivity contribution in [2.24, 2.45) is 7.05 Å². The van der Waals surface area contributed by atoms with Gasteiger partial charge in [-0.3, -0.25) is 14.2 Å². The molecule has 0 bridgehead atoms. The fraction of sp³-hybridized carbons (Fsp3) is 0.357. The average molecular weight is 303 g/mol. The van der Waals surface area contributed by atoms with E-state index in [2.05, 4.69) is 15.5 Å². The molecule has 1 atom stereocenters. The maximum atomic E-state index is 12.2. The van der Waals surface area contributed by atoms with Crippen LogP contribution in [0.25, 0.3) is 11.0 Å². The summed E-state index contributed by atoms with van der Waals surface area (Å²) in [6, 6.07) is 3.63. The first-order valence-corrected chi connectivity index (χ1v) is 7.63. The van der Waals surface area contributed by atoms with Crippen LogP contribution in [0.1, 0.15) is 23.5 Å². The molecule has 110 valence electrons. The van der Waals surface area contributed by atoms with E-state index in [9.17, 15) is 4.79 Å². The highest BCUT2D eigenvalue weighted by Crippen LogP contribution is 2.18. The second-order valence-electron chi connectivity index (χ2n) is 5.03. The van der Waals surface area contributed by atoms with Crippen molar-refractivity contribution < 1.29 is 4.79 Å². The monoisotopic (exact) mass is 303 g/mol. The SMILES string of the molecule is Cc1nn(C)c2cn([C@H](C)C(=O)NCc3cccs3)nc12. The standard InChI is InChI=1S/C14H17N5OS/c1-9-13-12(18(3)16-9)8-19(17-13)10(2)14(20)15-7-11-5-4-6-21-11/h4-6,8,10H,7H2,1-3H3,(H,15,20)/t10-/m1/s1. The quantitative estimate of drug-likeness (QED) is 0.802. The fourth-order valence-electron chi connectivity index (χ4n) is 2.26. The normalized spacial score (nSPS) is 12.7. The maximum absolute atomic E-state index is 12.2. The number of aromatic nitrogens is 4. The van der Waals surface area contributed by atoms with Gasteiger partial charge in [0.1, 0.15) is 17.1 Å². The highest BCUT2D eigenvalue weighted by atomic mass is 32.1. The molecule has 0 aromatic carbocycles. The molecule has 0 radical (unpaired) electrons. The third-order valence-electron chi connectivity index (χ3n) is 3.50. The third-order valence-corrected chi connectivity index (χ3v) is 4.37. The Balaban J connectivity index is 1.74. The van der Waals surface area contributed by atoms with Gasteiger partial charge in [-0.1, -0.05) is 6.07 Å². The highest BCUT2D eigenvalue weighted by Gasteiger charge is 2.18. The Morgan fingerprint density at radius 1 is 1.48 bits per heavy atom. The third kappa shape index (κ3) is 2.56. The highest BCUT2D eigenvalue weighted by molar-refractivity contribution is 7.09. The molecule has 3 heterocycles. The first-order valence-electron chi connectivity index (χ1n) is 6.75. The lowest BCUT2D eigenvalue weighted by molar-refractivity contribution is -0.124. The molecule has 3 aromatic rings. The van der Waals surface area contributed by atoms with Crippen molar-refractivity contribution in [2.45, 2.75) is 26.4 Å². The van der Waals surface area contributed by atoms with Crippen LogP contribution in [0.4, 0.5) is 0 Å². The molecule has 0 saturated carbocycles. The molecule has 3 aromatic heterocycles. The number of nitrogens with one attached hydrogen (secondary N) is 1. The lowest BCUT2D eigenvalue weighted by atomic mass is 10.3. The van der Waals surface area contributed by atoms with Gasteiger partial charge < -0.3 is 5.32 Å². The van der Waals surface area contributed by atoms with E-state index in [4.69, 9.17) is 0 Å². The van der Waals surface area contributed by atoms with E-state index >= 15 is 0 Å². The van der Waals surface area contributed by atoms with Crippen molar-refractivity contribution in [1.82, 2.24) is 24.9 Å². The smallest absolute Gasteiger partial charge is 0.244 e. The van der Waals surface area contributed by atoms with Crippen molar-refractivity contribution >= 4 is 28.3 Å². The molecule has 0 spiro atoms. The molecule has 21 heavy (non-hydrogen) atoms. The minimum atomic E-state index is -0.350. The number of hydrogen-bond acceptors (Lipinski definition) is 4. The Labute approximate surface area is 126 Å². The van der Waals surface area contributed by atoms with Gasteiger partial charge in [0.15, 0.2) is 0 Å². The predicted molar refractivity (Wildman–Crippen MR) is 82.1 cm³/mol. The molecule has 6 nitrogen and oxygen atoms in total. The summed E-state index contributed by atoms with van der Waals surface area (Å²) >= 11 is 1.63. The summed E-state index contributed by atoms with van der Waals surface area (Å²) in [5.74, 6) is -0.0400. The number of amides is 1. The molecular weight excluding hydrogens is 286 g/mol. The van der Waals surface area contributed by atoms with Gasteiger partial charge in [-0.15, -0.1) is 11.3 Å². The zero-order chi connectivity index (χ0) is 15.0. The van der Waals surface area contributed by atoms with Gasteiger partial charge in [-0.25, -0.2) is 0 Å². The second-order valence-corrected chi connectivity index (χ2v) is 6.06. The summed E-state index contributed by atoms with van der Waals surface area (Å²) in [6.45, 7) is 4.32. The van der Waals surface area contributed by atoms with Crippen molar-refractivity contribution in [2.75, 3.05) is 0 Å². The van der Waals surface area contributed by atoms with E-state index in [0.717, 1.165) is 21.6 Å². The van der Waals surface area contributed by atoms with Gasteiger partial charge in [-0.05, 0) is 25.3 Å². The summed E-state index contributed by atoms with van der Waals surface area (Å²) in [5, 5.41) is 13.7. The molecule has 0 aliphatic rings. The van der Waals surface area contributed by atoms with Crippen LogP contribution < -0.4 is 5.32 Å². The molecule has 7 heteroatoms. The lowest BCUT2D eigenvalue weighted by Gasteiger charge is -2.12. The number of fused-ring (bicyclic) bond motifs is 1. The molecular formula is C14H17N5OS. The largest absolute Gasteiger partial charge is 0.349 e. The molecule has 0 aliphatic heterocycles. The molecule has 1 amide bonds. The minimum absolute atomic E-state index is 0.0400. The minimum Gasteiger partial charge on any atom is -0.349 e. The van der Waals surface area contributed by atoms with E-state index in [1.54, 1.807) is 20.7 Å². The van der Waals surface area contributed by atoms with Crippen LogP contribution in [0.2, 0.25) is 0 Å². The van der Waals surface area contributed by atoms with Gasteiger partial charge in [0.05, 0.1) is 18.4 Å².